The van der Waals surface area contributed by atoms with Gasteiger partial charge in [-0.15, -0.1) is 0 Å². The van der Waals surface area contributed by atoms with Gasteiger partial charge in [0.1, 0.15) is 0 Å². The van der Waals surface area contributed by atoms with Crippen LogP contribution in [0.15, 0.2) is 81.6 Å². The highest BCUT2D eigenvalue weighted by Gasteiger charge is 2.22. The number of ketones is 1. The molecule has 1 unspecified atom stereocenters. The van der Waals surface area contributed by atoms with Crippen molar-refractivity contribution in [2.24, 2.45) is 0 Å². The second kappa shape index (κ2) is 12.7. The van der Waals surface area contributed by atoms with Gasteiger partial charge in [0, 0.05) is 23.7 Å². The van der Waals surface area contributed by atoms with Crippen molar-refractivity contribution in [1.82, 2.24) is 13.9 Å². The molecule has 0 fully saturated rings. The molecular formula is C30H32ClN3O4S2. The zero-order valence-corrected chi connectivity index (χ0v) is 25.3. The van der Waals surface area contributed by atoms with E-state index in [1.165, 1.54) is 38.7 Å². The molecule has 210 valence electrons. The standard InChI is InChI=1S/C30H32ClN3O4S2/c1-5-20(4)21-8-13-24(14-9-21)34-29(36)26-17-12-23(31)18-27(26)32-30(34)39-19-28(35)22-10-15-25(16-11-22)40(37,38)33(6-2)7-3/h8-18,20H,5-7,19H2,1-4H3. The first-order valence-corrected chi connectivity index (χ1v) is 16.0. The molecule has 1 aromatic heterocycles. The van der Waals surface area contributed by atoms with Crippen LogP contribution in [0, 0.1) is 0 Å². The van der Waals surface area contributed by atoms with Crippen LogP contribution in [-0.2, 0) is 10.0 Å². The summed E-state index contributed by atoms with van der Waals surface area (Å²) in [6, 6.07) is 18.7. The molecular weight excluding hydrogens is 566 g/mol. The van der Waals surface area contributed by atoms with Crippen LogP contribution in [0.1, 0.15) is 56.0 Å². The number of benzene rings is 3. The Morgan fingerprint density at radius 2 is 1.65 bits per heavy atom. The Balaban J connectivity index is 1.66. The predicted octanol–water partition coefficient (Wildman–Crippen LogP) is 6.56. The third-order valence-electron chi connectivity index (χ3n) is 6.99. The van der Waals surface area contributed by atoms with Crippen LogP contribution in [0.5, 0.6) is 0 Å². The molecule has 0 saturated carbocycles. The monoisotopic (exact) mass is 597 g/mol. The van der Waals surface area contributed by atoms with E-state index in [0.29, 0.717) is 51.3 Å². The lowest BCUT2D eigenvalue weighted by Gasteiger charge is -2.18. The Hall–Kier alpha value is -2.98. The number of aromatic nitrogens is 2. The van der Waals surface area contributed by atoms with E-state index in [4.69, 9.17) is 16.6 Å². The van der Waals surface area contributed by atoms with Crippen LogP contribution in [0.25, 0.3) is 16.6 Å². The van der Waals surface area contributed by atoms with Gasteiger partial charge in [0.15, 0.2) is 10.9 Å². The lowest BCUT2D eigenvalue weighted by Crippen LogP contribution is -2.30. The summed E-state index contributed by atoms with van der Waals surface area (Å²) in [6.07, 6.45) is 1.00. The van der Waals surface area contributed by atoms with E-state index in [2.05, 4.69) is 13.8 Å². The van der Waals surface area contributed by atoms with Gasteiger partial charge in [0.05, 0.1) is 27.2 Å². The minimum atomic E-state index is -3.62. The van der Waals surface area contributed by atoms with E-state index >= 15 is 0 Å². The first-order chi connectivity index (χ1) is 19.1. The summed E-state index contributed by atoms with van der Waals surface area (Å²) in [5.74, 6) is 0.185. The van der Waals surface area contributed by atoms with E-state index in [1.807, 2.05) is 24.3 Å². The molecule has 0 spiro atoms. The maximum Gasteiger partial charge on any atom is 0.266 e. The lowest BCUT2D eigenvalue weighted by molar-refractivity contribution is 0.102. The minimum absolute atomic E-state index is 0.00556. The average Bonchev–Trinajstić information content (AvgIpc) is 2.96. The molecule has 0 amide bonds. The molecule has 1 atom stereocenters. The van der Waals surface area contributed by atoms with Crippen LogP contribution in [0.3, 0.4) is 0 Å². The highest BCUT2D eigenvalue weighted by Crippen LogP contribution is 2.26. The third kappa shape index (κ3) is 6.17. The summed E-state index contributed by atoms with van der Waals surface area (Å²) in [5.41, 5.74) is 2.41. The smallest absolute Gasteiger partial charge is 0.266 e. The fraction of sp³-hybridized carbons (Fsp3) is 0.300. The molecule has 0 saturated heterocycles. The van der Waals surface area contributed by atoms with E-state index in [-0.39, 0.29) is 22.0 Å². The van der Waals surface area contributed by atoms with Crippen molar-refractivity contribution in [2.75, 3.05) is 18.8 Å². The highest BCUT2D eigenvalue weighted by atomic mass is 35.5. The van der Waals surface area contributed by atoms with E-state index < -0.39 is 10.0 Å². The van der Waals surface area contributed by atoms with Crippen molar-refractivity contribution in [1.29, 1.82) is 0 Å². The zero-order chi connectivity index (χ0) is 29.0. The molecule has 0 bridgehead atoms. The fourth-order valence-corrected chi connectivity index (χ4v) is 6.92. The molecule has 1 heterocycles. The van der Waals surface area contributed by atoms with Gasteiger partial charge in [-0.05, 0) is 60.4 Å². The minimum Gasteiger partial charge on any atom is -0.293 e. The number of sulfonamides is 1. The van der Waals surface area contributed by atoms with Crippen molar-refractivity contribution in [3.8, 4) is 5.69 Å². The van der Waals surface area contributed by atoms with Gasteiger partial charge in [0.25, 0.3) is 5.56 Å². The van der Waals surface area contributed by atoms with Crippen LogP contribution in [0.2, 0.25) is 5.02 Å². The maximum atomic E-state index is 13.6. The Kier molecular flexibility index (Phi) is 9.51. The molecule has 0 aliphatic rings. The normalized spacial score (nSPS) is 12.7. The van der Waals surface area contributed by atoms with Crippen LogP contribution in [-0.4, -0.2) is 46.9 Å². The summed E-state index contributed by atoms with van der Waals surface area (Å²) in [7, 11) is -3.62. The maximum absolute atomic E-state index is 13.6. The van der Waals surface area contributed by atoms with Crippen molar-refractivity contribution >= 4 is 50.1 Å². The second-order valence-corrected chi connectivity index (χ2v) is 12.7. The van der Waals surface area contributed by atoms with Crippen molar-refractivity contribution in [2.45, 2.75) is 50.1 Å². The molecule has 40 heavy (non-hydrogen) atoms. The number of halogens is 1. The molecule has 10 heteroatoms. The molecule has 3 aromatic carbocycles. The number of thioether (sulfide) groups is 1. The van der Waals surface area contributed by atoms with Gasteiger partial charge in [-0.25, -0.2) is 13.4 Å². The average molecular weight is 598 g/mol. The Morgan fingerprint density at radius 3 is 2.25 bits per heavy atom. The lowest BCUT2D eigenvalue weighted by atomic mass is 9.98. The predicted molar refractivity (Wildman–Crippen MR) is 163 cm³/mol. The summed E-state index contributed by atoms with van der Waals surface area (Å²) in [6.45, 7) is 8.57. The first-order valence-electron chi connectivity index (χ1n) is 13.2. The summed E-state index contributed by atoms with van der Waals surface area (Å²) in [4.78, 5) is 31.6. The number of rotatable bonds is 11. The molecule has 0 radical (unpaired) electrons. The molecule has 4 aromatic rings. The number of hydrogen-bond donors (Lipinski definition) is 0. The van der Waals surface area contributed by atoms with E-state index in [1.54, 1.807) is 32.0 Å². The summed E-state index contributed by atoms with van der Waals surface area (Å²) in [5, 5.41) is 1.25. The van der Waals surface area contributed by atoms with Gasteiger partial charge in [-0.3, -0.25) is 14.2 Å². The SMILES string of the molecule is CCC(C)c1ccc(-n2c(SCC(=O)c3ccc(S(=O)(=O)N(CC)CC)cc3)nc3cc(Cl)ccc3c2=O)cc1. The summed E-state index contributed by atoms with van der Waals surface area (Å²) < 4.78 is 28.5. The van der Waals surface area contributed by atoms with Gasteiger partial charge in [-0.2, -0.15) is 4.31 Å². The quantitative estimate of drug-likeness (QED) is 0.111. The molecule has 0 N–H and O–H groups in total. The number of nitrogens with zero attached hydrogens (tertiary/aromatic N) is 3. The number of carbonyl (C=O) groups excluding carboxylic acids is 1. The summed E-state index contributed by atoms with van der Waals surface area (Å²) >= 11 is 7.33. The topological polar surface area (TPSA) is 89.3 Å². The van der Waals surface area contributed by atoms with Crippen molar-refractivity contribution in [3.63, 3.8) is 0 Å². The molecule has 0 aliphatic carbocycles. The van der Waals surface area contributed by atoms with E-state index in [9.17, 15) is 18.0 Å². The Morgan fingerprint density at radius 1 is 1.00 bits per heavy atom. The third-order valence-corrected chi connectivity index (χ3v) is 10.2. The van der Waals surface area contributed by atoms with Gasteiger partial charge >= 0.3 is 0 Å². The number of Topliss-reactive ketones (excluding diaryl/α,β-unsaturated/α-hetero) is 1. The highest BCUT2D eigenvalue weighted by molar-refractivity contribution is 7.99. The number of hydrogen-bond acceptors (Lipinski definition) is 6. The first kappa shape index (κ1) is 30.0. The number of fused-ring (bicyclic) bond motifs is 1. The molecule has 4 rings (SSSR count). The van der Waals surface area contributed by atoms with Crippen molar-refractivity contribution < 1.29 is 13.2 Å². The zero-order valence-electron chi connectivity index (χ0n) is 22.9. The van der Waals surface area contributed by atoms with Gasteiger partial charge in [-0.1, -0.05) is 75.3 Å². The molecule has 7 nitrogen and oxygen atoms in total. The Labute approximate surface area is 244 Å². The molecule has 0 aliphatic heterocycles. The fourth-order valence-electron chi connectivity index (χ4n) is 4.39. The van der Waals surface area contributed by atoms with Crippen LogP contribution < -0.4 is 5.56 Å². The van der Waals surface area contributed by atoms with Crippen molar-refractivity contribution in [3.05, 3.63) is 93.2 Å². The van der Waals surface area contributed by atoms with E-state index in [0.717, 1.165) is 18.2 Å². The Bertz CT molecular complexity index is 1680. The van der Waals surface area contributed by atoms with Gasteiger partial charge in [0.2, 0.25) is 10.0 Å². The largest absolute Gasteiger partial charge is 0.293 e. The van der Waals surface area contributed by atoms with Crippen LogP contribution >= 0.6 is 23.4 Å². The number of carbonyl (C=O) groups is 1. The second-order valence-electron chi connectivity index (χ2n) is 9.42. The van der Waals surface area contributed by atoms with Crippen LogP contribution in [0.4, 0.5) is 0 Å². The van der Waals surface area contributed by atoms with Gasteiger partial charge < -0.3 is 0 Å².